The SMILES string of the molecule is CC(C)(C)C(=O)N1CCC(NCc2ccc(I)o2)CC1. The maximum atomic E-state index is 12.2. The third kappa shape index (κ3) is 4.22. The zero-order chi connectivity index (χ0) is 14.8. The van der Waals surface area contributed by atoms with Crippen LogP contribution < -0.4 is 5.32 Å². The molecular formula is C15H23IN2O2. The number of furan rings is 1. The van der Waals surface area contributed by atoms with Crippen molar-refractivity contribution in [2.75, 3.05) is 13.1 Å². The monoisotopic (exact) mass is 390 g/mol. The highest BCUT2D eigenvalue weighted by molar-refractivity contribution is 14.1. The highest BCUT2D eigenvalue weighted by Gasteiger charge is 2.30. The van der Waals surface area contributed by atoms with Crippen LogP contribution in [0.25, 0.3) is 0 Å². The van der Waals surface area contributed by atoms with Gasteiger partial charge in [-0.1, -0.05) is 20.8 Å². The van der Waals surface area contributed by atoms with E-state index in [1.54, 1.807) is 0 Å². The number of likely N-dealkylation sites (tertiary alicyclic amines) is 1. The van der Waals surface area contributed by atoms with Crippen LogP contribution in [0.2, 0.25) is 0 Å². The van der Waals surface area contributed by atoms with Gasteiger partial charge in [0.2, 0.25) is 5.91 Å². The molecule has 20 heavy (non-hydrogen) atoms. The highest BCUT2D eigenvalue weighted by Crippen LogP contribution is 2.21. The second kappa shape index (κ2) is 6.47. The van der Waals surface area contributed by atoms with E-state index in [0.29, 0.717) is 6.04 Å². The molecule has 1 saturated heterocycles. The molecule has 0 saturated carbocycles. The Morgan fingerprint density at radius 2 is 2.05 bits per heavy atom. The van der Waals surface area contributed by atoms with Gasteiger partial charge in [0.05, 0.1) is 6.54 Å². The van der Waals surface area contributed by atoms with E-state index < -0.39 is 0 Å². The van der Waals surface area contributed by atoms with Gasteiger partial charge in [-0.25, -0.2) is 0 Å². The largest absolute Gasteiger partial charge is 0.454 e. The van der Waals surface area contributed by atoms with Crippen molar-refractivity contribution in [3.63, 3.8) is 0 Å². The van der Waals surface area contributed by atoms with E-state index in [1.807, 2.05) is 37.8 Å². The number of rotatable bonds is 3. The zero-order valence-corrected chi connectivity index (χ0v) is 14.6. The molecule has 0 aliphatic carbocycles. The summed E-state index contributed by atoms with van der Waals surface area (Å²) >= 11 is 2.17. The van der Waals surface area contributed by atoms with Crippen molar-refractivity contribution in [3.05, 3.63) is 21.7 Å². The molecular weight excluding hydrogens is 367 g/mol. The van der Waals surface area contributed by atoms with Gasteiger partial charge in [0.15, 0.2) is 3.77 Å². The molecule has 0 unspecified atom stereocenters. The van der Waals surface area contributed by atoms with Gasteiger partial charge >= 0.3 is 0 Å². The second-order valence-corrected chi connectivity index (χ2v) is 7.47. The maximum absolute atomic E-state index is 12.2. The van der Waals surface area contributed by atoms with Gasteiger partial charge in [0, 0.05) is 24.5 Å². The van der Waals surface area contributed by atoms with E-state index in [9.17, 15) is 4.79 Å². The fourth-order valence-corrected chi connectivity index (χ4v) is 2.92. The van der Waals surface area contributed by atoms with Crippen molar-refractivity contribution in [2.24, 2.45) is 5.41 Å². The van der Waals surface area contributed by atoms with Crippen LogP contribution in [0.4, 0.5) is 0 Å². The molecule has 2 heterocycles. The van der Waals surface area contributed by atoms with Crippen LogP contribution in [0.5, 0.6) is 0 Å². The van der Waals surface area contributed by atoms with E-state index in [4.69, 9.17) is 4.42 Å². The van der Waals surface area contributed by atoms with Crippen molar-refractivity contribution < 1.29 is 9.21 Å². The summed E-state index contributed by atoms with van der Waals surface area (Å²) in [6.45, 7) is 8.42. The van der Waals surface area contributed by atoms with Crippen molar-refractivity contribution in [2.45, 2.75) is 46.2 Å². The van der Waals surface area contributed by atoms with Crippen LogP contribution in [0.15, 0.2) is 16.5 Å². The molecule has 1 aliphatic heterocycles. The molecule has 112 valence electrons. The first-order valence-corrected chi connectivity index (χ1v) is 8.21. The number of nitrogens with one attached hydrogen (secondary N) is 1. The maximum Gasteiger partial charge on any atom is 0.227 e. The van der Waals surface area contributed by atoms with E-state index >= 15 is 0 Å². The Hall–Kier alpha value is -0.560. The third-order valence-corrected chi connectivity index (χ3v) is 4.20. The van der Waals surface area contributed by atoms with Crippen LogP contribution in [-0.4, -0.2) is 29.9 Å². The Morgan fingerprint density at radius 3 is 2.55 bits per heavy atom. The molecule has 0 aromatic carbocycles. The Morgan fingerprint density at radius 1 is 1.40 bits per heavy atom. The average molecular weight is 390 g/mol. The van der Waals surface area contributed by atoms with E-state index in [0.717, 1.165) is 42.0 Å². The topological polar surface area (TPSA) is 45.5 Å². The molecule has 4 nitrogen and oxygen atoms in total. The summed E-state index contributed by atoms with van der Waals surface area (Å²) < 4.78 is 6.46. The Labute approximate surface area is 134 Å². The molecule has 1 aromatic rings. The molecule has 1 amide bonds. The number of hydrogen-bond donors (Lipinski definition) is 1. The number of carbonyl (C=O) groups excluding carboxylic acids is 1. The molecule has 0 spiro atoms. The summed E-state index contributed by atoms with van der Waals surface area (Å²) in [5, 5.41) is 3.51. The van der Waals surface area contributed by atoms with Crippen LogP contribution in [0, 0.1) is 9.18 Å². The van der Waals surface area contributed by atoms with Crippen LogP contribution >= 0.6 is 22.6 Å². The van der Waals surface area contributed by atoms with Crippen molar-refractivity contribution in [1.29, 1.82) is 0 Å². The number of piperidine rings is 1. The third-order valence-electron chi connectivity index (χ3n) is 3.62. The van der Waals surface area contributed by atoms with Gasteiger partial charge in [0.25, 0.3) is 0 Å². The standard InChI is InChI=1S/C15H23IN2O2/c1-15(2,3)14(19)18-8-6-11(7-9-18)17-10-12-4-5-13(16)20-12/h4-5,11,17H,6-10H2,1-3H3. The van der Waals surface area contributed by atoms with Gasteiger partial charge in [-0.2, -0.15) is 0 Å². The normalized spacial score (nSPS) is 17.5. The summed E-state index contributed by atoms with van der Waals surface area (Å²) in [4.78, 5) is 14.2. The predicted octanol–water partition coefficient (Wildman–Crippen LogP) is 3.01. The summed E-state index contributed by atoms with van der Waals surface area (Å²) in [7, 11) is 0. The number of carbonyl (C=O) groups is 1. The Bertz CT molecular complexity index is 457. The smallest absolute Gasteiger partial charge is 0.227 e. The molecule has 1 aliphatic rings. The fourth-order valence-electron chi connectivity index (χ4n) is 2.45. The summed E-state index contributed by atoms with van der Waals surface area (Å²) in [5.41, 5.74) is -0.273. The zero-order valence-electron chi connectivity index (χ0n) is 12.4. The lowest BCUT2D eigenvalue weighted by atomic mass is 9.93. The lowest BCUT2D eigenvalue weighted by Gasteiger charge is -2.36. The van der Waals surface area contributed by atoms with Gasteiger partial charge in [0.1, 0.15) is 5.76 Å². The van der Waals surface area contributed by atoms with Crippen LogP contribution in [0.3, 0.4) is 0 Å². The molecule has 0 bridgehead atoms. The van der Waals surface area contributed by atoms with Gasteiger partial charge < -0.3 is 14.6 Å². The van der Waals surface area contributed by atoms with Crippen LogP contribution in [-0.2, 0) is 11.3 Å². The van der Waals surface area contributed by atoms with Crippen molar-refractivity contribution >= 4 is 28.5 Å². The van der Waals surface area contributed by atoms with E-state index in [-0.39, 0.29) is 11.3 Å². The number of halogens is 1. The average Bonchev–Trinajstić information content (AvgIpc) is 2.81. The van der Waals surface area contributed by atoms with Gasteiger partial charge in [-0.15, -0.1) is 0 Å². The minimum Gasteiger partial charge on any atom is -0.454 e. The lowest BCUT2D eigenvalue weighted by molar-refractivity contribution is -0.140. The highest BCUT2D eigenvalue weighted by atomic mass is 127. The fraction of sp³-hybridized carbons (Fsp3) is 0.667. The predicted molar refractivity (Wildman–Crippen MR) is 87.3 cm³/mol. The first kappa shape index (κ1) is 15.8. The molecule has 1 fully saturated rings. The Balaban J connectivity index is 1.76. The minimum atomic E-state index is -0.273. The first-order valence-electron chi connectivity index (χ1n) is 7.13. The molecule has 0 atom stereocenters. The van der Waals surface area contributed by atoms with Gasteiger partial charge in [-0.05, 0) is 47.6 Å². The Kier molecular flexibility index (Phi) is 5.12. The minimum absolute atomic E-state index is 0.261. The van der Waals surface area contributed by atoms with Gasteiger partial charge in [-0.3, -0.25) is 4.79 Å². The second-order valence-electron chi connectivity index (χ2n) is 6.40. The van der Waals surface area contributed by atoms with Crippen molar-refractivity contribution in [3.8, 4) is 0 Å². The molecule has 5 heteroatoms. The summed E-state index contributed by atoms with van der Waals surface area (Å²) in [6.07, 6.45) is 2.03. The molecule has 1 aromatic heterocycles. The first-order chi connectivity index (χ1) is 9.36. The molecule has 2 rings (SSSR count). The van der Waals surface area contributed by atoms with Crippen LogP contribution in [0.1, 0.15) is 39.4 Å². The van der Waals surface area contributed by atoms with E-state index in [2.05, 4.69) is 27.9 Å². The summed E-state index contributed by atoms with van der Waals surface area (Å²) in [5.74, 6) is 1.24. The number of hydrogen-bond acceptors (Lipinski definition) is 3. The summed E-state index contributed by atoms with van der Waals surface area (Å²) in [6, 6.07) is 4.46. The lowest BCUT2D eigenvalue weighted by Crippen LogP contribution is -2.48. The number of amides is 1. The number of nitrogens with zero attached hydrogens (tertiary/aromatic N) is 1. The quantitative estimate of drug-likeness (QED) is 0.808. The molecule has 1 N–H and O–H groups in total. The van der Waals surface area contributed by atoms with Crippen molar-refractivity contribution in [1.82, 2.24) is 10.2 Å². The molecule has 0 radical (unpaired) electrons. The van der Waals surface area contributed by atoms with E-state index in [1.165, 1.54) is 0 Å².